The summed E-state index contributed by atoms with van der Waals surface area (Å²) in [5, 5.41) is 11.4. The minimum atomic E-state index is -4.78. The van der Waals surface area contributed by atoms with E-state index in [0.717, 1.165) is 0 Å². The maximum atomic E-state index is 13.0. The summed E-state index contributed by atoms with van der Waals surface area (Å²) in [6.07, 6.45) is -4.78. The number of halogens is 4. The summed E-state index contributed by atoms with van der Waals surface area (Å²) in [6.45, 7) is -0.853. The van der Waals surface area contributed by atoms with Crippen molar-refractivity contribution in [2.24, 2.45) is 0 Å². The first-order chi connectivity index (χ1) is 11.7. The van der Waals surface area contributed by atoms with E-state index in [2.05, 4.69) is 15.3 Å². The lowest BCUT2D eigenvalue weighted by Gasteiger charge is -2.13. The molecule has 1 heterocycles. The van der Waals surface area contributed by atoms with Crippen LogP contribution < -0.4 is 14.8 Å². The average molecular weight is 378 g/mol. The number of benzene rings is 1. The van der Waals surface area contributed by atoms with Crippen molar-refractivity contribution in [3.63, 3.8) is 0 Å². The molecule has 0 saturated carbocycles. The number of alkyl halides is 3. The topological polar surface area (TPSA) is 93.6 Å². The average Bonchev–Trinajstić information content (AvgIpc) is 2.52. The Labute approximate surface area is 144 Å². The van der Waals surface area contributed by atoms with Gasteiger partial charge in [-0.3, -0.25) is 0 Å². The van der Waals surface area contributed by atoms with E-state index in [4.69, 9.17) is 26.2 Å². The molecule has 2 aromatic rings. The maximum Gasteiger partial charge on any atom is 0.433 e. The molecule has 1 aromatic carbocycles. The first-order valence-electron chi connectivity index (χ1n) is 6.60. The molecule has 0 bridgehead atoms. The van der Waals surface area contributed by atoms with Crippen LogP contribution in [0.15, 0.2) is 24.3 Å². The van der Waals surface area contributed by atoms with Gasteiger partial charge in [-0.25, -0.2) is 9.78 Å². The third kappa shape index (κ3) is 5.11. The van der Waals surface area contributed by atoms with Gasteiger partial charge in [-0.05, 0) is 18.2 Å². The molecule has 2 N–H and O–H groups in total. The molecular weight excluding hydrogens is 367 g/mol. The van der Waals surface area contributed by atoms with Crippen molar-refractivity contribution in [2.45, 2.75) is 6.18 Å². The van der Waals surface area contributed by atoms with Crippen LogP contribution in [0.2, 0.25) is 5.02 Å². The highest BCUT2D eigenvalue weighted by Crippen LogP contribution is 2.33. The Kier molecular flexibility index (Phi) is 5.52. The lowest BCUT2D eigenvalue weighted by Crippen LogP contribution is -2.14. The van der Waals surface area contributed by atoms with Crippen molar-refractivity contribution in [1.82, 2.24) is 9.97 Å². The molecule has 25 heavy (non-hydrogen) atoms. The number of anilines is 2. The number of aliphatic carboxylic acids is 1. The van der Waals surface area contributed by atoms with Crippen LogP contribution >= 0.6 is 11.6 Å². The van der Waals surface area contributed by atoms with Gasteiger partial charge in [0.25, 0.3) is 0 Å². The number of hydrogen-bond acceptors (Lipinski definition) is 6. The van der Waals surface area contributed by atoms with E-state index in [-0.39, 0.29) is 5.69 Å². The van der Waals surface area contributed by atoms with E-state index < -0.39 is 36.3 Å². The molecule has 11 heteroatoms. The third-order valence-corrected chi connectivity index (χ3v) is 2.98. The monoisotopic (exact) mass is 377 g/mol. The number of methoxy groups -OCH3 is 1. The highest BCUT2D eigenvalue weighted by atomic mass is 35.5. The summed E-state index contributed by atoms with van der Waals surface area (Å²) in [5.41, 5.74) is -1.08. The molecule has 0 aliphatic rings. The fourth-order valence-corrected chi connectivity index (χ4v) is 1.91. The van der Waals surface area contributed by atoms with Crippen molar-refractivity contribution in [1.29, 1.82) is 0 Å². The van der Waals surface area contributed by atoms with Crippen LogP contribution in [-0.4, -0.2) is 34.8 Å². The molecule has 0 amide bonds. The first-order valence-corrected chi connectivity index (χ1v) is 6.98. The van der Waals surface area contributed by atoms with Crippen molar-refractivity contribution in [3.05, 3.63) is 35.0 Å². The van der Waals surface area contributed by atoms with E-state index in [0.29, 0.717) is 16.8 Å². The Morgan fingerprint density at radius 3 is 2.64 bits per heavy atom. The molecular formula is C14H11ClF3N3O4. The fraction of sp³-hybridized carbons (Fsp3) is 0.214. The van der Waals surface area contributed by atoms with Crippen LogP contribution in [0, 0.1) is 0 Å². The minimum absolute atomic E-state index is 0.221. The molecule has 0 radical (unpaired) electrons. The molecule has 0 unspecified atom stereocenters. The van der Waals surface area contributed by atoms with Crippen molar-refractivity contribution in [2.75, 3.05) is 19.0 Å². The Morgan fingerprint density at radius 2 is 2.04 bits per heavy atom. The summed E-state index contributed by atoms with van der Waals surface area (Å²) in [6, 6.07) is 4.94. The zero-order chi connectivity index (χ0) is 18.6. The van der Waals surface area contributed by atoms with Crippen LogP contribution in [-0.2, 0) is 11.0 Å². The Hall–Kier alpha value is -2.75. The summed E-state index contributed by atoms with van der Waals surface area (Å²) < 4.78 is 48.7. The quantitative estimate of drug-likeness (QED) is 0.797. The molecule has 0 aliphatic heterocycles. The number of rotatable bonds is 6. The van der Waals surface area contributed by atoms with Gasteiger partial charge in [0.05, 0.1) is 12.8 Å². The maximum absolute atomic E-state index is 13.0. The number of carboxylic acid groups (broad SMARTS) is 1. The van der Waals surface area contributed by atoms with Gasteiger partial charge in [0, 0.05) is 11.1 Å². The number of nitrogens with zero attached hydrogens (tertiary/aromatic N) is 2. The molecule has 0 fully saturated rings. The summed E-state index contributed by atoms with van der Waals surface area (Å²) >= 11 is 5.85. The SMILES string of the molecule is COc1ccc(Cl)cc1Nc1nc(OCC(=O)O)cc(C(F)(F)F)n1. The van der Waals surface area contributed by atoms with E-state index >= 15 is 0 Å². The van der Waals surface area contributed by atoms with Crippen LogP contribution in [0.3, 0.4) is 0 Å². The fourth-order valence-electron chi connectivity index (χ4n) is 1.73. The highest BCUT2D eigenvalue weighted by Gasteiger charge is 2.34. The lowest BCUT2D eigenvalue weighted by atomic mass is 10.3. The van der Waals surface area contributed by atoms with Crippen LogP contribution in [0.25, 0.3) is 0 Å². The van der Waals surface area contributed by atoms with Crippen LogP contribution in [0.4, 0.5) is 24.8 Å². The zero-order valence-corrected chi connectivity index (χ0v) is 13.4. The van der Waals surface area contributed by atoms with Crippen molar-refractivity contribution < 1.29 is 32.5 Å². The molecule has 134 valence electrons. The highest BCUT2D eigenvalue weighted by molar-refractivity contribution is 6.31. The number of hydrogen-bond donors (Lipinski definition) is 2. The number of ether oxygens (including phenoxy) is 2. The van der Waals surface area contributed by atoms with E-state index in [1.165, 1.54) is 25.3 Å². The molecule has 0 atom stereocenters. The van der Waals surface area contributed by atoms with E-state index in [9.17, 15) is 18.0 Å². The van der Waals surface area contributed by atoms with Crippen molar-refractivity contribution in [3.8, 4) is 11.6 Å². The number of carbonyl (C=O) groups is 1. The van der Waals surface area contributed by atoms with Gasteiger partial charge in [0.2, 0.25) is 11.8 Å². The normalized spacial score (nSPS) is 11.1. The molecule has 0 aliphatic carbocycles. The number of carboxylic acids is 1. The zero-order valence-electron chi connectivity index (χ0n) is 12.6. The molecule has 0 saturated heterocycles. The predicted molar refractivity (Wildman–Crippen MR) is 81.5 cm³/mol. The molecule has 0 spiro atoms. The second-order valence-corrected chi connectivity index (χ2v) is 5.00. The Balaban J connectivity index is 2.40. The van der Waals surface area contributed by atoms with Gasteiger partial charge in [0.15, 0.2) is 12.3 Å². The number of aromatic nitrogens is 2. The first kappa shape index (κ1) is 18.6. The van der Waals surface area contributed by atoms with Crippen LogP contribution in [0.1, 0.15) is 5.69 Å². The van der Waals surface area contributed by atoms with Gasteiger partial charge in [0.1, 0.15) is 5.75 Å². The van der Waals surface area contributed by atoms with E-state index in [1.807, 2.05) is 0 Å². The summed E-state index contributed by atoms with van der Waals surface area (Å²) in [4.78, 5) is 17.6. The standard InChI is InChI=1S/C14H11ClF3N3O4/c1-24-9-3-2-7(15)4-8(9)19-13-20-10(14(16,17)18)5-11(21-13)25-6-12(22)23/h2-5H,6H2,1H3,(H,22,23)(H,19,20,21). The smallest absolute Gasteiger partial charge is 0.433 e. The van der Waals surface area contributed by atoms with Gasteiger partial charge < -0.3 is 19.9 Å². The summed E-state index contributed by atoms with van der Waals surface area (Å²) in [7, 11) is 1.36. The van der Waals surface area contributed by atoms with Gasteiger partial charge >= 0.3 is 12.1 Å². The minimum Gasteiger partial charge on any atom is -0.495 e. The second kappa shape index (κ2) is 7.43. The largest absolute Gasteiger partial charge is 0.495 e. The molecule has 1 aromatic heterocycles. The van der Waals surface area contributed by atoms with Crippen molar-refractivity contribution >= 4 is 29.2 Å². The summed E-state index contributed by atoms with van der Waals surface area (Å²) in [5.74, 6) is -2.08. The Bertz CT molecular complexity index is 786. The molecule has 2 rings (SSSR count). The van der Waals surface area contributed by atoms with Crippen LogP contribution in [0.5, 0.6) is 11.6 Å². The number of nitrogens with one attached hydrogen (secondary N) is 1. The van der Waals surface area contributed by atoms with Gasteiger partial charge in [-0.15, -0.1) is 0 Å². The lowest BCUT2D eigenvalue weighted by molar-refractivity contribution is -0.141. The third-order valence-electron chi connectivity index (χ3n) is 2.74. The molecule has 7 nitrogen and oxygen atoms in total. The predicted octanol–water partition coefficient (Wildman–Crippen LogP) is 3.36. The van der Waals surface area contributed by atoms with E-state index in [1.54, 1.807) is 0 Å². The van der Waals surface area contributed by atoms with Gasteiger partial charge in [-0.1, -0.05) is 11.6 Å². The van der Waals surface area contributed by atoms with Gasteiger partial charge in [-0.2, -0.15) is 18.2 Å². The Morgan fingerprint density at radius 1 is 1.32 bits per heavy atom. The second-order valence-electron chi connectivity index (χ2n) is 4.56.